The third-order valence-electron chi connectivity index (χ3n) is 2.67. The van der Waals surface area contributed by atoms with Crippen LogP contribution in [0.25, 0.3) is 0 Å². The highest BCUT2D eigenvalue weighted by molar-refractivity contribution is 9.10. The number of hydrogen-bond donors (Lipinski definition) is 1. The van der Waals surface area contributed by atoms with Gasteiger partial charge in [0.25, 0.3) is 5.91 Å². The van der Waals surface area contributed by atoms with Crippen LogP contribution in [0.15, 0.2) is 53.0 Å². The lowest BCUT2D eigenvalue weighted by atomic mass is 10.1. The number of amides is 1. The maximum atomic E-state index is 11.8. The highest BCUT2D eigenvalue weighted by Gasteiger charge is 2.06. The van der Waals surface area contributed by atoms with Gasteiger partial charge in [0.15, 0.2) is 0 Å². The molecule has 0 radical (unpaired) electrons. The van der Waals surface area contributed by atoms with Gasteiger partial charge in [-0.05, 0) is 36.2 Å². The lowest BCUT2D eigenvalue weighted by Crippen LogP contribution is -2.23. The summed E-state index contributed by atoms with van der Waals surface area (Å²) in [6.07, 6.45) is 0. The first-order valence-corrected chi connectivity index (χ1v) is 6.68. The van der Waals surface area contributed by atoms with Gasteiger partial charge < -0.3 is 0 Å². The molecule has 0 atom stereocenters. The molecule has 98 valence electrons. The largest absolute Gasteiger partial charge is 0.274 e. The van der Waals surface area contributed by atoms with Crippen LogP contribution in [0.1, 0.15) is 21.5 Å². The molecule has 2 aromatic rings. The Morgan fingerprint density at radius 3 is 2.63 bits per heavy atom. The molecule has 4 heteroatoms. The van der Waals surface area contributed by atoms with Crippen molar-refractivity contribution in [2.24, 2.45) is 0 Å². The number of aryl methyl sites for hydroxylation is 1. The maximum Gasteiger partial charge on any atom is 0.274 e. The molecule has 1 N–H and O–H groups in total. The van der Waals surface area contributed by atoms with Gasteiger partial charge in [-0.1, -0.05) is 46.3 Å². The number of halogens is 1. The molecule has 0 heterocycles. The monoisotopic (exact) mass is 319 g/mol. The molecule has 2 aromatic carbocycles. The molecule has 0 aromatic heterocycles. The zero-order valence-corrected chi connectivity index (χ0v) is 12.1. The fourth-order valence-electron chi connectivity index (χ4n) is 1.60. The van der Waals surface area contributed by atoms with E-state index in [1.165, 1.54) is 0 Å². The second kappa shape index (κ2) is 6.50. The van der Waals surface area contributed by atoms with Gasteiger partial charge in [0, 0.05) is 10.0 Å². The average Bonchev–Trinajstić information content (AvgIpc) is 2.43. The summed E-state index contributed by atoms with van der Waals surface area (Å²) in [4.78, 5) is 17.0. The summed E-state index contributed by atoms with van der Waals surface area (Å²) in [7, 11) is 0. The summed E-state index contributed by atoms with van der Waals surface area (Å²) in [6.45, 7) is 2.29. The number of carbonyl (C=O) groups is 1. The Morgan fingerprint density at radius 1 is 1.21 bits per heavy atom. The molecule has 0 aliphatic carbocycles. The Hall–Kier alpha value is -1.65. The van der Waals surface area contributed by atoms with E-state index < -0.39 is 0 Å². The molecule has 0 saturated carbocycles. The second-order valence-electron chi connectivity index (χ2n) is 4.17. The van der Waals surface area contributed by atoms with Gasteiger partial charge in [-0.3, -0.25) is 9.63 Å². The summed E-state index contributed by atoms with van der Waals surface area (Å²) in [5.74, 6) is -0.244. The number of benzene rings is 2. The highest BCUT2D eigenvalue weighted by Crippen LogP contribution is 2.17. The summed E-state index contributed by atoms with van der Waals surface area (Å²) in [5, 5.41) is 0. The van der Waals surface area contributed by atoms with Crippen molar-refractivity contribution in [3.63, 3.8) is 0 Å². The predicted octanol–water partition coefficient (Wildman–Crippen LogP) is 3.62. The molecule has 2 rings (SSSR count). The third-order valence-corrected chi connectivity index (χ3v) is 3.56. The van der Waals surface area contributed by atoms with Crippen molar-refractivity contribution in [3.8, 4) is 0 Å². The number of hydrogen-bond acceptors (Lipinski definition) is 2. The van der Waals surface area contributed by atoms with Crippen LogP contribution in [-0.2, 0) is 11.4 Å². The first-order valence-electron chi connectivity index (χ1n) is 5.89. The fraction of sp³-hybridized carbons (Fsp3) is 0.133. The van der Waals surface area contributed by atoms with Crippen molar-refractivity contribution in [2.45, 2.75) is 13.5 Å². The predicted molar refractivity (Wildman–Crippen MR) is 77.6 cm³/mol. The third kappa shape index (κ3) is 3.91. The summed E-state index contributed by atoms with van der Waals surface area (Å²) in [6, 6.07) is 15.1. The normalized spacial score (nSPS) is 10.2. The molecule has 0 bridgehead atoms. The molecule has 0 spiro atoms. The van der Waals surface area contributed by atoms with Gasteiger partial charge in [-0.2, -0.15) is 0 Å². The smallest absolute Gasteiger partial charge is 0.269 e. The molecule has 0 aliphatic rings. The van der Waals surface area contributed by atoms with Gasteiger partial charge in [-0.25, -0.2) is 5.48 Å². The fourth-order valence-corrected chi connectivity index (χ4v) is 1.85. The van der Waals surface area contributed by atoms with E-state index in [4.69, 9.17) is 4.84 Å². The first-order chi connectivity index (χ1) is 9.16. The van der Waals surface area contributed by atoms with E-state index in [9.17, 15) is 4.79 Å². The SMILES string of the molecule is Cc1cc(C(=O)NOCc2ccccc2)ccc1Br. The second-order valence-corrected chi connectivity index (χ2v) is 5.02. The first kappa shape index (κ1) is 13.8. The van der Waals surface area contributed by atoms with E-state index in [1.807, 2.05) is 49.4 Å². The van der Waals surface area contributed by atoms with Crippen LogP contribution in [0, 0.1) is 6.92 Å². The minimum Gasteiger partial charge on any atom is -0.269 e. The van der Waals surface area contributed by atoms with Gasteiger partial charge in [0.05, 0.1) is 6.61 Å². The van der Waals surface area contributed by atoms with E-state index in [0.717, 1.165) is 15.6 Å². The van der Waals surface area contributed by atoms with Crippen LogP contribution < -0.4 is 5.48 Å². The van der Waals surface area contributed by atoms with Crippen LogP contribution in [-0.4, -0.2) is 5.91 Å². The molecule has 0 aliphatic heterocycles. The highest BCUT2D eigenvalue weighted by atomic mass is 79.9. The number of rotatable bonds is 4. The van der Waals surface area contributed by atoms with Crippen molar-refractivity contribution in [1.82, 2.24) is 5.48 Å². The standard InChI is InChI=1S/C15H14BrNO2/c1-11-9-13(7-8-14(11)16)15(18)17-19-10-12-5-3-2-4-6-12/h2-9H,10H2,1H3,(H,17,18). The van der Waals surface area contributed by atoms with Crippen molar-refractivity contribution in [3.05, 3.63) is 69.7 Å². The molecule has 19 heavy (non-hydrogen) atoms. The quantitative estimate of drug-likeness (QED) is 0.874. The Balaban J connectivity index is 1.89. The van der Waals surface area contributed by atoms with Crippen molar-refractivity contribution >= 4 is 21.8 Å². The van der Waals surface area contributed by atoms with Crippen LogP contribution in [0.4, 0.5) is 0 Å². The molecule has 3 nitrogen and oxygen atoms in total. The molecule has 0 fully saturated rings. The van der Waals surface area contributed by atoms with Crippen LogP contribution in [0.3, 0.4) is 0 Å². The average molecular weight is 320 g/mol. The van der Waals surface area contributed by atoms with Crippen LogP contribution >= 0.6 is 15.9 Å². The molecular formula is C15H14BrNO2. The van der Waals surface area contributed by atoms with E-state index in [0.29, 0.717) is 12.2 Å². The number of hydroxylamine groups is 1. The molecule has 0 saturated heterocycles. The molecule has 0 unspecified atom stereocenters. The van der Waals surface area contributed by atoms with Crippen molar-refractivity contribution < 1.29 is 9.63 Å². The number of carbonyl (C=O) groups excluding carboxylic acids is 1. The lowest BCUT2D eigenvalue weighted by Gasteiger charge is -2.07. The summed E-state index contributed by atoms with van der Waals surface area (Å²) in [5.41, 5.74) is 5.04. The van der Waals surface area contributed by atoms with E-state index in [2.05, 4.69) is 21.4 Å². The maximum absolute atomic E-state index is 11.8. The van der Waals surface area contributed by atoms with Crippen LogP contribution in [0.2, 0.25) is 0 Å². The van der Waals surface area contributed by atoms with E-state index in [1.54, 1.807) is 6.07 Å². The summed E-state index contributed by atoms with van der Waals surface area (Å²) >= 11 is 3.40. The number of nitrogens with one attached hydrogen (secondary N) is 1. The minimum atomic E-state index is -0.244. The van der Waals surface area contributed by atoms with E-state index in [-0.39, 0.29) is 5.91 Å². The minimum absolute atomic E-state index is 0.244. The molecular weight excluding hydrogens is 306 g/mol. The summed E-state index contributed by atoms with van der Waals surface area (Å²) < 4.78 is 0.981. The zero-order valence-electron chi connectivity index (χ0n) is 10.5. The Bertz CT molecular complexity index is 570. The van der Waals surface area contributed by atoms with Gasteiger partial charge >= 0.3 is 0 Å². The van der Waals surface area contributed by atoms with E-state index >= 15 is 0 Å². The van der Waals surface area contributed by atoms with Gasteiger partial charge in [-0.15, -0.1) is 0 Å². The van der Waals surface area contributed by atoms with Gasteiger partial charge in [0.2, 0.25) is 0 Å². The van der Waals surface area contributed by atoms with Crippen LogP contribution in [0.5, 0.6) is 0 Å². The van der Waals surface area contributed by atoms with Gasteiger partial charge in [0.1, 0.15) is 0 Å². The lowest BCUT2D eigenvalue weighted by molar-refractivity contribution is 0.0233. The zero-order chi connectivity index (χ0) is 13.7. The molecule has 1 amide bonds. The Labute approximate surface area is 120 Å². The topological polar surface area (TPSA) is 38.3 Å². The Morgan fingerprint density at radius 2 is 1.95 bits per heavy atom. The van der Waals surface area contributed by atoms with Crippen molar-refractivity contribution in [1.29, 1.82) is 0 Å². The van der Waals surface area contributed by atoms with Crippen molar-refractivity contribution in [2.75, 3.05) is 0 Å². The Kier molecular flexibility index (Phi) is 4.71.